The van der Waals surface area contributed by atoms with Gasteiger partial charge in [0, 0.05) is 24.9 Å². The van der Waals surface area contributed by atoms with Crippen LogP contribution in [0.3, 0.4) is 0 Å². The quantitative estimate of drug-likeness (QED) is 0.571. The minimum absolute atomic E-state index is 0.0572. The van der Waals surface area contributed by atoms with E-state index in [9.17, 15) is 4.79 Å². The number of rotatable bonds is 7. The van der Waals surface area contributed by atoms with E-state index in [0.29, 0.717) is 30.2 Å². The van der Waals surface area contributed by atoms with Crippen molar-refractivity contribution in [1.82, 2.24) is 9.88 Å². The first-order valence-electron chi connectivity index (χ1n) is 10.2. The summed E-state index contributed by atoms with van der Waals surface area (Å²) in [5, 5.41) is 0. The van der Waals surface area contributed by atoms with Gasteiger partial charge in [-0.15, -0.1) is 0 Å². The van der Waals surface area contributed by atoms with Crippen molar-refractivity contribution in [3.63, 3.8) is 0 Å². The smallest absolute Gasteiger partial charge is 0.223 e. The lowest BCUT2D eigenvalue weighted by atomic mass is 10.0. The molecule has 0 radical (unpaired) electrons. The number of hydrogen-bond acceptors (Lipinski definition) is 5. The topological polar surface area (TPSA) is 64.8 Å². The van der Waals surface area contributed by atoms with Gasteiger partial charge in [-0.25, -0.2) is 4.98 Å². The first-order chi connectivity index (χ1) is 14.7. The lowest BCUT2D eigenvalue weighted by Crippen LogP contribution is -2.30. The molecule has 1 atom stereocenters. The SMILES string of the molecule is COc1ccc(C2CCCN2C(=O)CCc2ncc(-c3ccccc3)o2)cc1OC. The maximum Gasteiger partial charge on any atom is 0.223 e. The largest absolute Gasteiger partial charge is 0.493 e. The lowest BCUT2D eigenvalue weighted by molar-refractivity contribution is -0.132. The monoisotopic (exact) mass is 406 g/mol. The molecule has 0 bridgehead atoms. The third-order valence-electron chi connectivity index (χ3n) is 5.53. The Hall–Kier alpha value is -3.28. The predicted molar refractivity (Wildman–Crippen MR) is 113 cm³/mol. The van der Waals surface area contributed by atoms with Crippen LogP contribution in [0.4, 0.5) is 0 Å². The van der Waals surface area contributed by atoms with E-state index in [1.54, 1.807) is 20.4 Å². The molecule has 1 amide bonds. The molecule has 1 fully saturated rings. The molecule has 1 unspecified atom stereocenters. The molecule has 2 heterocycles. The zero-order chi connectivity index (χ0) is 20.9. The fraction of sp³-hybridized carbons (Fsp3) is 0.333. The van der Waals surface area contributed by atoms with Gasteiger partial charge in [-0.05, 0) is 30.5 Å². The summed E-state index contributed by atoms with van der Waals surface area (Å²) >= 11 is 0. The second-order valence-corrected chi connectivity index (χ2v) is 7.34. The van der Waals surface area contributed by atoms with Crippen LogP contribution in [0.2, 0.25) is 0 Å². The van der Waals surface area contributed by atoms with Gasteiger partial charge >= 0.3 is 0 Å². The van der Waals surface area contributed by atoms with Gasteiger partial charge in [0.2, 0.25) is 5.91 Å². The van der Waals surface area contributed by atoms with E-state index in [-0.39, 0.29) is 11.9 Å². The molecule has 6 nitrogen and oxygen atoms in total. The molecule has 6 heteroatoms. The van der Waals surface area contributed by atoms with Crippen LogP contribution in [0.1, 0.15) is 36.8 Å². The van der Waals surface area contributed by atoms with E-state index in [1.165, 1.54) is 0 Å². The molecule has 0 N–H and O–H groups in total. The Balaban J connectivity index is 1.41. The Bertz CT molecular complexity index is 999. The van der Waals surface area contributed by atoms with Gasteiger partial charge in [-0.2, -0.15) is 0 Å². The van der Waals surface area contributed by atoms with E-state index < -0.39 is 0 Å². The number of amides is 1. The van der Waals surface area contributed by atoms with Crippen molar-refractivity contribution >= 4 is 5.91 Å². The third kappa shape index (κ3) is 4.17. The summed E-state index contributed by atoms with van der Waals surface area (Å²) in [6.45, 7) is 0.763. The maximum atomic E-state index is 13.0. The van der Waals surface area contributed by atoms with Crippen molar-refractivity contribution in [2.24, 2.45) is 0 Å². The molecule has 156 valence electrons. The summed E-state index contributed by atoms with van der Waals surface area (Å²) in [5.41, 5.74) is 2.05. The van der Waals surface area contributed by atoms with Crippen molar-refractivity contribution in [3.05, 3.63) is 66.2 Å². The molecule has 3 aromatic rings. The highest BCUT2D eigenvalue weighted by atomic mass is 16.5. The number of ether oxygens (including phenoxy) is 2. The highest BCUT2D eigenvalue weighted by Crippen LogP contribution is 2.37. The molecule has 0 spiro atoms. The van der Waals surface area contributed by atoms with Crippen molar-refractivity contribution in [2.45, 2.75) is 31.7 Å². The van der Waals surface area contributed by atoms with Crippen LogP contribution in [-0.4, -0.2) is 36.6 Å². The fourth-order valence-electron chi connectivity index (χ4n) is 3.99. The number of aromatic nitrogens is 1. The number of benzene rings is 2. The van der Waals surface area contributed by atoms with Gasteiger partial charge in [0.15, 0.2) is 23.1 Å². The number of carbonyl (C=O) groups is 1. The third-order valence-corrected chi connectivity index (χ3v) is 5.53. The first kappa shape index (κ1) is 20.0. The van der Waals surface area contributed by atoms with E-state index in [2.05, 4.69) is 4.98 Å². The van der Waals surface area contributed by atoms with Crippen molar-refractivity contribution < 1.29 is 18.7 Å². The molecule has 0 saturated carbocycles. The van der Waals surface area contributed by atoms with Crippen LogP contribution >= 0.6 is 0 Å². The van der Waals surface area contributed by atoms with E-state index >= 15 is 0 Å². The molecule has 4 rings (SSSR count). The molecule has 1 saturated heterocycles. The lowest BCUT2D eigenvalue weighted by Gasteiger charge is -2.25. The molecule has 1 aromatic heterocycles. The number of methoxy groups -OCH3 is 2. The summed E-state index contributed by atoms with van der Waals surface area (Å²) < 4.78 is 16.6. The highest BCUT2D eigenvalue weighted by Gasteiger charge is 2.30. The maximum absolute atomic E-state index is 13.0. The Morgan fingerprint density at radius 1 is 1.13 bits per heavy atom. The van der Waals surface area contributed by atoms with Crippen LogP contribution < -0.4 is 9.47 Å². The Labute approximate surface area is 176 Å². The zero-order valence-electron chi connectivity index (χ0n) is 17.3. The molecule has 0 aliphatic carbocycles. The summed E-state index contributed by atoms with van der Waals surface area (Å²) in [5.74, 6) is 2.80. The van der Waals surface area contributed by atoms with Gasteiger partial charge < -0.3 is 18.8 Å². The number of hydrogen-bond donors (Lipinski definition) is 0. The molecule has 2 aromatic carbocycles. The van der Waals surface area contributed by atoms with Crippen molar-refractivity contribution in [2.75, 3.05) is 20.8 Å². The van der Waals surface area contributed by atoms with Crippen LogP contribution in [0.5, 0.6) is 11.5 Å². The molecular weight excluding hydrogens is 380 g/mol. The number of carbonyl (C=O) groups excluding carboxylic acids is 1. The van der Waals surface area contributed by atoms with Crippen LogP contribution in [0, 0.1) is 0 Å². The number of nitrogens with zero attached hydrogens (tertiary/aromatic N) is 2. The van der Waals surface area contributed by atoms with Gasteiger partial charge in [0.1, 0.15) is 0 Å². The standard InChI is InChI=1S/C24H26N2O4/c1-28-20-11-10-18(15-21(20)29-2)19-9-6-14-26(19)24(27)13-12-23-25-16-22(30-23)17-7-4-3-5-8-17/h3-5,7-8,10-11,15-16,19H,6,9,12-14H2,1-2H3. The minimum atomic E-state index is 0.0572. The van der Waals surface area contributed by atoms with E-state index in [0.717, 1.165) is 36.3 Å². The molecular formula is C24H26N2O4. The summed E-state index contributed by atoms with van der Waals surface area (Å²) in [6, 6.07) is 15.8. The molecule has 1 aliphatic heterocycles. The van der Waals surface area contributed by atoms with Gasteiger partial charge in [0.05, 0.1) is 26.5 Å². The summed E-state index contributed by atoms with van der Waals surface area (Å²) in [7, 11) is 3.24. The summed E-state index contributed by atoms with van der Waals surface area (Å²) in [6.07, 6.45) is 4.51. The predicted octanol–water partition coefficient (Wildman–Crippen LogP) is 4.66. The second-order valence-electron chi connectivity index (χ2n) is 7.34. The Morgan fingerprint density at radius 3 is 2.70 bits per heavy atom. The van der Waals surface area contributed by atoms with Crippen LogP contribution in [-0.2, 0) is 11.2 Å². The van der Waals surface area contributed by atoms with Crippen LogP contribution in [0.25, 0.3) is 11.3 Å². The normalized spacial score (nSPS) is 15.9. The van der Waals surface area contributed by atoms with Gasteiger partial charge in [-0.1, -0.05) is 36.4 Å². The van der Waals surface area contributed by atoms with Crippen molar-refractivity contribution in [3.8, 4) is 22.8 Å². The van der Waals surface area contributed by atoms with Gasteiger partial charge in [-0.3, -0.25) is 4.79 Å². The number of oxazole rings is 1. The average molecular weight is 406 g/mol. The molecule has 1 aliphatic rings. The van der Waals surface area contributed by atoms with Crippen molar-refractivity contribution in [1.29, 1.82) is 0 Å². The number of aryl methyl sites for hydroxylation is 1. The molecule has 30 heavy (non-hydrogen) atoms. The Kier molecular flexibility index (Phi) is 6.02. The highest BCUT2D eigenvalue weighted by molar-refractivity contribution is 5.77. The zero-order valence-corrected chi connectivity index (χ0v) is 17.3. The number of likely N-dealkylation sites (tertiary alicyclic amines) is 1. The summed E-state index contributed by atoms with van der Waals surface area (Å²) in [4.78, 5) is 19.3. The first-order valence-corrected chi connectivity index (χ1v) is 10.2. The second kappa shape index (κ2) is 9.03. The van der Waals surface area contributed by atoms with Crippen LogP contribution in [0.15, 0.2) is 59.1 Å². The minimum Gasteiger partial charge on any atom is -0.493 e. The Morgan fingerprint density at radius 2 is 1.93 bits per heavy atom. The fourth-order valence-corrected chi connectivity index (χ4v) is 3.99. The van der Waals surface area contributed by atoms with Gasteiger partial charge in [0.25, 0.3) is 0 Å². The van der Waals surface area contributed by atoms with E-state index in [4.69, 9.17) is 13.9 Å². The average Bonchev–Trinajstić information content (AvgIpc) is 3.47. The van der Waals surface area contributed by atoms with E-state index in [1.807, 2.05) is 53.4 Å².